The molecule has 0 spiro atoms. The first-order valence-corrected chi connectivity index (χ1v) is 10.7. The Bertz CT molecular complexity index is 702. The normalized spacial score (nSPS) is 21.1. The minimum absolute atomic E-state index is 0.0676. The highest BCUT2D eigenvalue weighted by atomic mass is 35.5. The number of nitrogens with zero attached hydrogens (tertiary/aromatic N) is 2. The zero-order valence-corrected chi connectivity index (χ0v) is 17.7. The Kier molecular flexibility index (Phi) is 7.57. The molecule has 1 aliphatic heterocycles. The number of hydrogen-bond acceptors (Lipinski definition) is 3. The largest absolute Gasteiger partial charge is 0.356 e. The van der Waals surface area contributed by atoms with Crippen LogP contribution in [0.15, 0.2) is 23.2 Å². The first kappa shape index (κ1) is 20.9. The second-order valence-electron chi connectivity index (χ2n) is 7.84. The third kappa shape index (κ3) is 5.85. The zero-order chi connectivity index (χ0) is 19.9. The van der Waals surface area contributed by atoms with Gasteiger partial charge in [-0.2, -0.15) is 0 Å². The van der Waals surface area contributed by atoms with Gasteiger partial charge in [-0.25, -0.2) is 0 Å². The minimum atomic E-state index is -0.0676. The molecule has 2 fully saturated rings. The van der Waals surface area contributed by atoms with Crippen LogP contribution < -0.4 is 16.0 Å². The lowest BCUT2D eigenvalue weighted by molar-refractivity contribution is -0.116. The van der Waals surface area contributed by atoms with Gasteiger partial charge in [0.1, 0.15) is 0 Å². The number of amides is 1. The second kappa shape index (κ2) is 10.1. The molecule has 0 radical (unpaired) electrons. The summed E-state index contributed by atoms with van der Waals surface area (Å²) in [6.45, 7) is 4.74. The number of rotatable bonds is 6. The second-order valence-corrected chi connectivity index (χ2v) is 8.25. The summed E-state index contributed by atoms with van der Waals surface area (Å²) in [7, 11) is 1.77. The maximum Gasteiger partial charge on any atom is 0.226 e. The van der Waals surface area contributed by atoms with Gasteiger partial charge in [-0.05, 0) is 43.9 Å². The molecule has 1 aromatic carbocycles. The Labute approximate surface area is 173 Å². The Morgan fingerprint density at radius 2 is 2.07 bits per heavy atom. The summed E-state index contributed by atoms with van der Waals surface area (Å²) in [5.74, 6) is 0.696. The summed E-state index contributed by atoms with van der Waals surface area (Å²) in [6, 6.07) is 6.81. The van der Waals surface area contributed by atoms with Gasteiger partial charge in [0.2, 0.25) is 5.91 Å². The molecule has 1 aromatic rings. The van der Waals surface area contributed by atoms with Gasteiger partial charge in [0, 0.05) is 45.2 Å². The highest BCUT2D eigenvalue weighted by molar-refractivity contribution is 6.33. The van der Waals surface area contributed by atoms with E-state index in [0.29, 0.717) is 29.7 Å². The summed E-state index contributed by atoms with van der Waals surface area (Å²) in [4.78, 5) is 19.1. The molecule has 0 aromatic heterocycles. The Morgan fingerprint density at radius 3 is 2.79 bits per heavy atom. The number of carbonyl (C=O) groups is 1. The summed E-state index contributed by atoms with van der Waals surface area (Å²) < 4.78 is 0. The van der Waals surface area contributed by atoms with E-state index in [1.165, 1.54) is 32.2 Å². The number of nitrogens with one attached hydrogen (secondary N) is 3. The van der Waals surface area contributed by atoms with Crippen LogP contribution in [0.5, 0.6) is 0 Å². The van der Waals surface area contributed by atoms with E-state index >= 15 is 0 Å². The van der Waals surface area contributed by atoms with Crippen molar-refractivity contribution >= 4 is 29.2 Å². The molecule has 1 unspecified atom stereocenters. The lowest BCUT2D eigenvalue weighted by Gasteiger charge is -2.24. The van der Waals surface area contributed by atoms with E-state index in [-0.39, 0.29) is 5.91 Å². The minimum Gasteiger partial charge on any atom is -0.356 e. The average molecular weight is 406 g/mol. The van der Waals surface area contributed by atoms with Crippen molar-refractivity contribution < 1.29 is 4.79 Å². The fourth-order valence-corrected chi connectivity index (χ4v) is 4.41. The molecule has 154 valence electrons. The number of guanidine groups is 1. The van der Waals surface area contributed by atoms with Crippen LogP contribution >= 0.6 is 11.6 Å². The lowest BCUT2D eigenvalue weighted by Crippen LogP contribution is -2.45. The van der Waals surface area contributed by atoms with Gasteiger partial charge in [-0.15, -0.1) is 0 Å². The van der Waals surface area contributed by atoms with Crippen molar-refractivity contribution in [3.63, 3.8) is 0 Å². The van der Waals surface area contributed by atoms with Crippen LogP contribution in [0.25, 0.3) is 0 Å². The van der Waals surface area contributed by atoms with Crippen LogP contribution in [0.3, 0.4) is 0 Å². The molecule has 1 saturated carbocycles. The van der Waals surface area contributed by atoms with Gasteiger partial charge in [-0.3, -0.25) is 14.7 Å². The van der Waals surface area contributed by atoms with Crippen LogP contribution in [0.4, 0.5) is 5.69 Å². The third-order valence-electron chi connectivity index (χ3n) is 5.67. The molecule has 28 heavy (non-hydrogen) atoms. The maximum absolute atomic E-state index is 12.2. The topological polar surface area (TPSA) is 68.8 Å². The standard InChI is InChI=1S/C21H32ClN5O/c1-15-7-8-19(18(22)13-15)26-20(28)9-11-24-21(23-2)25-16-10-12-27(14-16)17-5-3-4-6-17/h7-8,13,16-17H,3-6,9-12,14H2,1-2H3,(H,26,28)(H2,23,24,25). The Hall–Kier alpha value is -1.79. The van der Waals surface area contributed by atoms with Crippen LogP contribution in [0, 0.1) is 6.92 Å². The molecule has 3 rings (SSSR count). The molecule has 6 nitrogen and oxygen atoms in total. The Morgan fingerprint density at radius 1 is 1.29 bits per heavy atom. The van der Waals surface area contributed by atoms with Gasteiger partial charge in [-0.1, -0.05) is 30.5 Å². The molecular formula is C21H32ClN5O. The predicted molar refractivity (Wildman–Crippen MR) is 116 cm³/mol. The van der Waals surface area contributed by atoms with Crippen molar-refractivity contribution in [3.05, 3.63) is 28.8 Å². The van der Waals surface area contributed by atoms with Crippen LogP contribution in [-0.4, -0.2) is 55.5 Å². The van der Waals surface area contributed by atoms with Crippen molar-refractivity contribution in [2.24, 2.45) is 4.99 Å². The van der Waals surface area contributed by atoms with E-state index in [9.17, 15) is 4.79 Å². The predicted octanol–water partition coefficient (Wildman–Crippen LogP) is 3.16. The first-order valence-electron chi connectivity index (χ1n) is 10.3. The van der Waals surface area contributed by atoms with Gasteiger partial charge < -0.3 is 16.0 Å². The van der Waals surface area contributed by atoms with E-state index in [1.54, 1.807) is 7.05 Å². The summed E-state index contributed by atoms with van der Waals surface area (Å²) in [6.07, 6.45) is 6.93. The highest BCUT2D eigenvalue weighted by Crippen LogP contribution is 2.26. The molecule has 0 bridgehead atoms. The number of hydrogen-bond donors (Lipinski definition) is 3. The number of anilines is 1. The fourth-order valence-electron chi connectivity index (χ4n) is 4.12. The molecule has 3 N–H and O–H groups in total. The van der Waals surface area contributed by atoms with E-state index in [2.05, 4.69) is 25.8 Å². The van der Waals surface area contributed by atoms with Crippen LogP contribution in [0.2, 0.25) is 5.02 Å². The molecule has 1 amide bonds. The fraction of sp³-hybridized carbons (Fsp3) is 0.619. The van der Waals surface area contributed by atoms with E-state index < -0.39 is 0 Å². The Balaban J connectivity index is 1.37. The average Bonchev–Trinajstić information content (AvgIpc) is 3.34. The van der Waals surface area contributed by atoms with E-state index in [0.717, 1.165) is 30.5 Å². The van der Waals surface area contributed by atoms with Gasteiger partial charge in [0.15, 0.2) is 5.96 Å². The van der Waals surface area contributed by atoms with Crippen molar-refractivity contribution in [1.29, 1.82) is 0 Å². The van der Waals surface area contributed by atoms with Gasteiger partial charge in [0.05, 0.1) is 10.7 Å². The van der Waals surface area contributed by atoms with Gasteiger partial charge >= 0.3 is 0 Å². The highest BCUT2D eigenvalue weighted by Gasteiger charge is 2.30. The number of halogens is 1. The maximum atomic E-state index is 12.2. The van der Waals surface area contributed by atoms with Gasteiger partial charge in [0.25, 0.3) is 0 Å². The molecule has 1 saturated heterocycles. The lowest BCUT2D eigenvalue weighted by atomic mass is 10.2. The molecule has 1 heterocycles. The third-order valence-corrected chi connectivity index (χ3v) is 5.98. The van der Waals surface area contributed by atoms with E-state index in [4.69, 9.17) is 11.6 Å². The quantitative estimate of drug-likeness (QED) is 0.502. The van der Waals surface area contributed by atoms with Crippen LogP contribution in [0.1, 0.15) is 44.1 Å². The number of benzene rings is 1. The van der Waals surface area contributed by atoms with Crippen LogP contribution in [-0.2, 0) is 4.79 Å². The molecule has 2 aliphatic rings. The summed E-state index contributed by atoms with van der Waals surface area (Å²) in [5.41, 5.74) is 1.72. The molecule has 1 aliphatic carbocycles. The number of likely N-dealkylation sites (tertiary alicyclic amines) is 1. The van der Waals surface area contributed by atoms with Crippen molar-refractivity contribution in [3.8, 4) is 0 Å². The monoisotopic (exact) mass is 405 g/mol. The summed E-state index contributed by atoms with van der Waals surface area (Å²) >= 11 is 6.17. The smallest absolute Gasteiger partial charge is 0.226 e. The number of aliphatic imine (C=N–C) groups is 1. The molecular weight excluding hydrogens is 374 g/mol. The number of carbonyl (C=O) groups excluding carboxylic acids is 1. The van der Waals surface area contributed by atoms with Crippen molar-refractivity contribution in [2.45, 2.75) is 57.5 Å². The zero-order valence-electron chi connectivity index (χ0n) is 16.9. The summed E-state index contributed by atoms with van der Waals surface area (Å²) in [5, 5.41) is 10.2. The molecule has 7 heteroatoms. The molecule has 1 atom stereocenters. The first-order chi connectivity index (χ1) is 13.5. The van der Waals surface area contributed by atoms with E-state index in [1.807, 2.05) is 25.1 Å². The van der Waals surface area contributed by atoms with Crippen molar-refractivity contribution in [2.75, 3.05) is 32.0 Å². The SMILES string of the molecule is CN=C(NCCC(=O)Nc1ccc(C)cc1Cl)NC1CCN(C2CCCC2)C1. The number of aryl methyl sites for hydroxylation is 1. The van der Waals surface area contributed by atoms with Crippen molar-refractivity contribution in [1.82, 2.24) is 15.5 Å².